The monoisotopic (exact) mass is 488 g/mol. The van der Waals surface area contributed by atoms with Crippen molar-refractivity contribution in [3.63, 3.8) is 0 Å². The summed E-state index contributed by atoms with van der Waals surface area (Å²) in [4.78, 5) is 0. The van der Waals surface area contributed by atoms with E-state index in [1.165, 1.54) is 82.6 Å². The van der Waals surface area contributed by atoms with Crippen molar-refractivity contribution in [1.29, 1.82) is 0 Å². The summed E-state index contributed by atoms with van der Waals surface area (Å²) in [5.74, 6) is -0.975. The van der Waals surface area contributed by atoms with E-state index in [1.807, 2.05) is 18.2 Å². The molecule has 0 atom stereocenters. The zero-order valence-corrected chi connectivity index (χ0v) is 21.0. The van der Waals surface area contributed by atoms with Gasteiger partial charge in [0, 0.05) is 5.56 Å². The molecule has 2 aromatic rings. The van der Waals surface area contributed by atoms with Gasteiger partial charge in [0.1, 0.15) is 0 Å². The van der Waals surface area contributed by atoms with Gasteiger partial charge in [-0.25, -0.2) is 8.78 Å². The lowest BCUT2D eigenvalue weighted by molar-refractivity contribution is -0.135. The Kier molecular flexibility index (Phi) is 8.94. The highest BCUT2D eigenvalue weighted by atomic mass is 19.3. The van der Waals surface area contributed by atoms with Gasteiger partial charge in [-0.2, -0.15) is 8.78 Å². The molecule has 0 N–H and O–H groups in total. The molecule has 0 aromatic heterocycles. The number of rotatable bonds is 9. The molecule has 4 rings (SSSR count). The van der Waals surface area contributed by atoms with Crippen molar-refractivity contribution in [3.8, 4) is 11.1 Å². The van der Waals surface area contributed by atoms with Gasteiger partial charge in [0.2, 0.25) is 0 Å². The number of alkyl halides is 4. The van der Waals surface area contributed by atoms with E-state index in [0.717, 1.165) is 41.0 Å². The summed E-state index contributed by atoms with van der Waals surface area (Å²) in [6.45, 7) is 2.28. The van der Waals surface area contributed by atoms with Crippen LogP contribution >= 0.6 is 0 Å². The molecule has 2 aliphatic rings. The summed E-state index contributed by atoms with van der Waals surface area (Å²) < 4.78 is 52.9. The van der Waals surface area contributed by atoms with Crippen LogP contribution in [-0.2, 0) is 5.92 Å². The van der Waals surface area contributed by atoms with Gasteiger partial charge in [0.25, 0.3) is 0 Å². The van der Waals surface area contributed by atoms with Crippen LogP contribution in [-0.4, -0.2) is 6.43 Å². The Hall–Kier alpha value is -1.84. The predicted molar refractivity (Wildman–Crippen MR) is 136 cm³/mol. The lowest BCUT2D eigenvalue weighted by Crippen LogP contribution is -2.25. The van der Waals surface area contributed by atoms with Gasteiger partial charge in [0.05, 0.1) is 0 Å². The number of hydrogen-bond donors (Lipinski definition) is 0. The van der Waals surface area contributed by atoms with E-state index in [9.17, 15) is 17.6 Å². The number of hydrogen-bond acceptors (Lipinski definition) is 0. The van der Waals surface area contributed by atoms with Gasteiger partial charge in [-0.05, 0) is 78.9 Å². The first-order valence-corrected chi connectivity index (χ1v) is 13.8. The molecule has 0 saturated heterocycles. The minimum Gasteiger partial charge on any atom is -0.203 e. The van der Waals surface area contributed by atoms with Crippen molar-refractivity contribution < 1.29 is 17.6 Å². The van der Waals surface area contributed by atoms with Crippen LogP contribution in [0.15, 0.2) is 48.5 Å². The van der Waals surface area contributed by atoms with Gasteiger partial charge < -0.3 is 0 Å². The molecule has 2 saturated carbocycles. The molecule has 0 amide bonds. The average molecular weight is 489 g/mol. The van der Waals surface area contributed by atoms with Crippen LogP contribution in [0.5, 0.6) is 0 Å². The fourth-order valence-corrected chi connectivity index (χ4v) is 6.65. The van der Waals surface area contributed by atoms with Crippen LogP contribution in [0.3, 0.4) is 0 Å². The summed E-state index contributed by atoms with van der Waals surface area (Å²) in [5.41, 5.74) is 2.49. The molecule has 0 bridgehead atoms. The van der Waals surface area contributed by atoms with Gasteiger partial charge in [-0.1, -0.05) is 94.0 Å². The molecule has 0 spiro atoms. The first-order chi connectivity index (χ1) is 16.9. The molecule has 4 heteroatoms. The summed E-state index contributed by atoms with van der Waals surface area (Å²) >= 11 is 0. The Balaban J connectivity index is 1.36. The van der Waals surface area contributed by atoms with Crippen LogP contribution in [0.1, 0.15) is 101 Å². The highest BCUT2D eigenvalue weighted by Gasteiger charge is 2.42. The van der Waals surface area contributed by atoms with E-state index in [0.29, 0.717) is 5.92 Å². The second kappa shape index (κ2) is 11.9. The van der Waals surface area contributed by atoms with Crippen molar-refractivity contribution in [1.82, 2.24) is 0 Å². The summed E-state index contributed by atoms with van der Waals surface area (Å²) in [6, 6.07) is 13.6. The smallest absolute Gasteiger partial charge is 0.203 e. The lowest BCUT2D eigenvalue weighted by Gasteiger charge is -2.38. The maximum absolute atomic E-state index is 13.7. The Bertz CT molecular complexity index is 904. The third kappa shape index (κ3) is 6.30. The molecule has 0 nitrogen and oxygen atoms in total. The Morgan fingerprint density at radius 3 is 1.97 bits per heavy atom. The first kappa shape index (κ1) is 26.2. The highest BCUT2D eigenvalue weighted by Crippen LogP contribution is 2.46. The van der Waals surface area contributed by atoms with Gasteiger partial charge in [-0.3, -0.25) is 0 Å². The largest absolute Gasteiger partial charge is 0.332 e. The van der Waals surface area contributed by atoms with Crippen LogP contribution in [0.25, 0.3) is 11.1 Å². The predicted octanol–water partition coefficient (Wildman–Crippen LogP) is 10.4. The van der Waals surface area contributed by atoms with E-state index in [4.69, 9.17) is 0 Å². The number of halogens is 4. The first-order valence-electron chi connectivity index (χ1n) is 13.8. The SMILES string of the molecule is CCCCCC1CCC(C2CCC(c3ccccc3-c3ccc(C(F)(F)C(F)F)cc3)CC2)CC1. The average Bonchev–Trinajstić information content (AvgIpc) is 2.89. The molecule has 0 aliphatic heterocycles. The van der Waals surface area contributed by atoms with Gasteiger partial charge in [-0.15, -0.1) is 0 Å². The maximum atomic E-state index is 13.7. The van der Waals surface area contributed by atoms with E-state index in [1.54, 1.807) is 12.1 Å². The molecule has 2 fully saturated rings. The summed E-state index contributed by atoms with van der Waals surface area (Å²) in [6.07, 6.45) is 12.3. The van der Waals surface area contributed by atoms with Gasteiger partial charge >= 0.3 is 12.3 Å². The van der Waals surface area contributed by atoms with Crippen molar-refractivity contribution >= 4 is 0 Å². The third-order valence-electron chi connectivity index (χ3n) is 8.80. The molecule has 0 radical (unpaired) electrons. The zero-order valence-electron chi connectivity index (χ0n) is 21.0. The fraction of sp³-hybridized carbons (Fsp3) is 0.613. The molecule has 0 heterocycles. The molecular weight excluding hydrogens is 448 g/mol. The van der Waals surface area contributed by atoms with Crippen LogP contribution in [0, 0.1) is 17.8 Å². The standard InChI is InChI=1S/C31H40F4/c1-2-3-4-7-22-10-12-23(13-11-22)24-14-16-25(17-15-24)28-8-5-6-9-29(28)26-18-20-27(21-19-26)31(34,35)30(32)33/h5-6,8-9,18-25,30H,2-4,7,10-17H2,1H3. The molecule has 2 aromatic carbocycles. The second-order valence-electron chi connectivity index (χ2n) is 11.0. The summed E-state index contributed by atoms with van der Waals surface area (Å²) in [7, 11) is 0. The van der Waals surface area contributed by atoms with Gasteiger partial charge in [0.15, 0.2) is 0 Å². The minimum atomic E-state index is -4.12. The van der Waals surface area contributed by atoms with Crippen molar-refractivity contribution in [2.24, 2.45) is 17.8 Å². The quantitative estimate of drug-likeness (QED) is 0.243. The van der Waals surface area contributed by atoms with Crippen molar-refractivity contribution in [2.75, 3.05) is 0 Å². The van der Waals surface area contributed by atoms with E-state index < -0.39 is 17.9 Å². The van der Waals surface area contributed by atoms with Crippen LogP contribution in [0.2, 0.25) is 0 Å². The number of unbranched alkanes of at least 4 members (excludes halogenated alkanes) is 2. The topological polar surface area (TPSA) is 0 Å². The van der Waals surface area contributed by atoms with E-state index >= 15 is 0 Å². The Morgan fingerprint density at radius 1 is 0.771 bits per heavy atom. The third-order valence-corrected chi connectivity index (χ3v) is 8.80. The molecule has 192 valence electrons. The fourth-order valence-electron chi connectivity index (χ4n) is 6.65. The molecular formula is C31H40F4. The molecule has 0 unspecified atom stereocenters. The highest BCUT2D eigenvalue weighted by molar-refractivity contribution is 5.68. The molecule has 2 aliphatic carbocycles. The van der Waals surface area contributed by atoms with E-state index in [2.05, 4.69) is 13.0 Å². The van der Waals surface area contributed by atoms with Crippen LogP contribution < -0.4 is 0 Å². The minimum absolute atomic E-state index is 0.468. The Morgan fingerprint density at radius 2 is 1.37 bits per heavy atom. The van der Waals surface area contributed by atoms with E-state index in [-0.39, 0.29) is 0 Å². The normalized spacial score (nSPS) is 25.7. The zero-order chi connectivity index (χ0) is 24.8. The maximum Gasteiger partial charge on any atom is 0.332 e. The molecule has 35 heavy (non-hydrogen) atoms. The van der Waals surface area contributed by atoms with Crippen LogP contribution in [0.4, 0.5) is 17.6 Å². The Labute approximate surface area is 208 Å². The second-order valence-corrected chi connectivity index (χ2v) is 11.0. The lowest BCUT2D eigenvalue weighted by atomic mass is 9.67. The summed E-state index contributed by atoms with van der Waals surface area (Å²) in [5, 5.41) is 0. The number of benzene rings is 2. The van der Waals surface area contributed by atoms with Crippen molar-refractivity contribution in [2.45, 2.75) is 102 Å². The van der Waals surface area contributed by atoms with Crippen molar-refractivity contribution in [3.05, 3.63) is 59.7 Å².